The maximum atomic E-state index is 8.64. The normalized spacial score (nSPS) is 25.0. The lowest BCUT2D eigenvalue weighted by Gasteiger charge is -1.95. The van der Waals surface area contributed by atoms with Crippen molar-refractivity contribution in [1.29, 1.82) is 0 Å². The van der Waals surface area contributed by atoms with Crippen LogP contribution in [0.25, 0.3) is 0 Å². The van der Waals surface area contributed by atoms with Crippen LogP contribution in [0.1, 0.15) is 0 Å². The van der Waals surface area contributed by atoms with Crippen molar-refractivity contribution in [3.63, 3.8) is 0 Å². The van der Waals surface area contributed by atoms with E-state index in [0.717, 1.165) is 12.3 Å². The van der Waals surface area contributed by atoms with Crippen molar-refractivity contribution in [2.45, 2.75) is 5.37 Å². The van der Waals surface area contributed by atoms with Crippen LogP contribution in [0.5, 0.6) is 0 Å². The van der Waals surface area contributed by atoms with Crippen LogP contribution in [0.15, 0.2) is 0 Å². The van der Waals surface area contributed by atoms with Crippen molar-refractivity contribution in [3.8, 4) is 0 Å². The van der Waals surface area contributed by atoms with Crippen molar-refractivity contribution in [2.75, 3.05) is 24.7 Å². The second-order valence-electron chi connectivity index (χ2n) is 2.11. The first kappa shape index (κ1) is 8.43. The van der Waals surface area contributed by atoms with E-state index in [0.29, 0.717) is 5.37 Å². The minimum absolute atomic E-state index is 0.237. The molecule has 1 heterocycles. The monoisotopic (exact) mass is 178 g/mol. The molecule has 10 heavy (non-hydrogen) atoms. The minimum Gasteiger partial charge on any atom is -0.390 e. The number of aliphatic hydroxyl groups is 1. The first-order valence-corrected chi connectivity index (χ1v) is 4.99. The number of aliphatic hydroxyl groups excluding tert-OH is 1. The third kappa shape index (κ3) is 2.52. The standard InChI is InChI=1S/C6H11NOS2/c8-3-1-7(2-4-9)6-5-10-6/h2,6,8H,1,3-5H2/p+1/b7-2+. The zero-order valence-corrected chi connectivity index (χ0v) is 7.44. The van der Waals surface area contributed by atoms with E-state index in [-0.39, 0.29) is 6.61 Å². The molecule has 1 fully saturated rings. The van der Waals surface area contributed by atoms with Crippen LogP contribution >= 0.6 is 24.4 Å². The molecule has 1 saturated heterocycles. The number of hydrogen-bond donors (Lipinski definition) is 2. The summed E-state index contributed by atoms with van der Waals surface area (Å²) in [5, 5.41) is 9.27. The predicted molar refractivity (Wildman–Crippen MR) is 48.4 cm³/mol. The Morgan fingerprint density at radius 2 is 2.50 bits per heavy atom. The quantitative estimate of drug-likeness (QED) is 0.275. The molecule has 1 aliphatic heterocycles. The van der Waals surface area contributed by atoms with E-state index < -0.39 is 0 Å². The molecule has 0 bridgehead atoms. The molecule has 1 N–H and O–H groups in total. The molecule has 1 unspecified atom stereocenters. The highest BCUT2D eigenvalue weighted by molar-refractivity contribution is 8.06. The molecule has 0 aliphatic carbocycles. The number of thiol groups is 1. The first-order chi connectivity index (χ1) is 4.88. The van der Waals surface area contributed by atoms with E-state index in [9.17, 15) is 0 Å². The predicted octanol–water partition coefficient (Wildman–Crippen LogP) is 0.0647. The van der Waals surface area contributed by atoms with Gasteiger partial charge in [0.1, 0.15) is 6.61 Å². The molecule has 2 nitrogen and oxygen atoms in total. The summed E-state index contributed by atoms with van der Waals surface area (Å²) in [6, 6.07) is 0. The molecule has 1 atom stereocenters. The number of thioether (sulfide) groups is 1. The minimum atomic E-state index is 0.237. The van der Waals surface area contributed by atoms with E-state index in [1.807, 2.05) is 18.0 Å². The lowest BCUT2D eigenvalue weighted by Crippen LogP contribution is -2.20. The van der Waals surface area contributed by atoms with Crippen LogP contribution in [-0.2, 0) is 0 Å². The van der Waals surface area contributed by atoms with Gasteiger partial charge >= 0.3 is 0 Å². The molecule has 1 aliphatic rings. The van der Waals surface area contributed by atoms with Crippen molar-refractivity contribution < 1.29 is 9.68 Å². The van der Waals surface area contributed by atoms with Crippen molar-refractivity contribution in [1.82, 2.24) is 0 Å². The van der Waals surface area contributed by atoms with E-state index in [1.165, 1.54) is 5.75 Å². The van der Waals surface area contributed by atoms with Crippen molar-refractivity contribution in [3.05, 3.63) is 0 Å². The lowest BCUT2D eigenvalue weighted by molar-refractivity contribution is -0.527. The van der Waals surface area contributed by atoms with Gasteiger partial charge in [-0.25, -0.2) is 4.58 Å². The summed E-state index contributed by atoms with van der Waals surface area (Å²) < 4.78 is 2.15. The molecular formula is C6H12NOS2+. The summed E-state index contributed by atoms with van der Waals surface area (Å²) in [6.45, 7) is 0.986. The van der Waals surface area contributed by atoms with Gasteiger partial charge in [0.15, 0.2) is 12.8 Å². The van der Waals surface area contributed by atoms with E-state index in [1.54, 1.807) is 0 Å². The van der Waals surface area contributed by atoms with E-state index >= 15 is 0 Å². The Morgan fingerprint density at radius 3 is 2.90 bits per heavy atom. The lowest BCUT2D eigenvalue weighted by atomic mass is 10.6. The summed E-state index contributed by atoms with van der Waals surface area (Å²) in [5.74, 6) is 1.96. The Balaban J connectivity index is 2.33. The van der Waals surface area contributed by atoms with Gasteiger partial charge in [0.05, 0.1) is 11.5 Å². The summed E-state index contributed by atoms with van der Waals surface area (Å²) in [4.78, 5) is 0. The van der Waals surface area contributed by atoms with Gasteiger partial charge in [-0.15, -0.1) is 0 Å². The Morgan fingerprint density at radius 1 is 1.80 bits per heavy atom. The zero-order chi connectivity index (χ0) is 7.40. The Bertz CT molecular complexity index is 134. The van der Waals surface area contributed by atoms with Crippen LogP contribution in [0, 0.1) is 0 Å². The maximum Gasteiger partial charge on any atom is 0.208 e. The molecular weight excluding hydrogens is 166 g/mol. The summed E-state index contributed by atoms with van der Waals surface area (Å²) in [6.07, 6.45) is 2.03. The molecule has 0 aromatic carbocycles. The molecule has 0 amide bonds. The molecule has 4 heteroatoms. The van der Waals surface area contributed by atoms with Gasteiger partial charge < -0.3 is 5.11 Å². The summed E-state index contributed by atoms with van der Waals surface area (Å²) >= 11 is 5.99. The highest BCUT2D eigenvalue weighted by Crippen LogP contribution is 2.30. The topological polar surface area (TPSA) is 23.2 Å². The van der Waals surface area contributed by atoms with Crippen LogP contribution in [0.3, 0.4) is 0 Å². The van der Waals surface area contributed by atoms with Gasteiger partial charge in [-0.05, 0) is 0 Å². The summed E-state index contributed by atoms with van der Waals surface area (Å²) in [5.41, 5.74) is 0. The first-order valence-electron chi connectivity index (χ1n) is 3.31. The zero-order valence-electron chi connectivity index (χ0n) is 5.73. The van der Waals surface area contributed by atoms with Gasteiger partial charge in [-0.3, -0.25) is 0 Å². The van der Waals surface area contributed by atoms with Crippen LogP contribution in [0.2, 0.25) is 0 Å². The van der Waals surface area contributed by atoms with Gasteiger partial charge in [-0.2, -0.15) is 12.6 Å². The van der Waals surface area contributed by atoms with Gasteiger partial charge in [0.2, 0.25) is 5.37 Å². The number of nitrogens with zero attached hydrogens (tertiary/aromatic N) is 1. The third-order valence-corrected chi connectivity index (χ3v) is 2.43. The Hall–Kier alpha value is 0.330. The second kappa shape index (κ2) is 4.26. The van der Waals surface area contributed by atoms with Crippen LogP contribution < -0.4 is 0 Å². The fourth-order valence-electron chi connectivity index (χ4n) is 0.808. The molecule has 1 rings (SSSR count). The van der Waals surface area contributed by atoms with Crippen molar-refractivity contribution in [2.24, 2.45) is 0 Å². The average Bonchev–Trinajstić information content (AvgIpc) is 2.69. The van der Waals surface area contributed by atoms with Crippen LogP contribution in [-0.4, -0.2) is 45.9 Å². The Kier molecular flexibility index (Phi) is 3.59. The highest BCUT2D eigenvalue weighted by Gasteiger charge is 2.33. The van der Waals surface area contributed by atoms with E-state index in [4.69, 9.17) is 5.11 Å². The molecule has 0 spiro atoms. The van der Waals surface area contributed by atoms with Gasteiger partial charge in [0.25, 0.3) is 0 Å². The smallest absolute Gasteiger partial charge is 0.208 e. The number of rotatable bonds is 4. The fraction of sp³-hybridized carbons (Fsp3) is 0.833. The molecule has 58 valence electrons. The number of hydrogen-bond acceptors (Lipinski definition) is 3. The molecule has 0 aromatic heterocycles. The SMILES string of the molecule is OCC/[N+](=C\CS)C1CS1. The average molecular weight is 178 g/mol. The molecule has 0 aromatic rings. The molecule has 0 saturated carbocycles. The third-order valence-electron chi connectivity index (χ3n) is 1.36. The highest BCUT2D eigenvalue weighted by atomic mass is 32.2. The largest absolute Gasteiger partial charge is 0.390 e. The Labute approximate surface area is 70.7 Å². The fourth-order valence-corrected chi connectivity index (χ4v) is 1.68. The van der Waals surface area contributed by atoms with Gasteiger partial charge in [0, 0.05) is 0 Å². The van der Waals surface area contributed by atoms with Crippen LogP contribution in [0.4, 0.5) is 0 Å². The maximum absolute atomic E-state index is 8.64. The van der Waals surface area contributed by atoms with Crippen molar-refractivity contribution >= 4 is 30.6 Å². The molecule has 0 radical (unpaired) electrons. The van der Waals surface area contributed by atoms with Gasteiger partial charge in [-0.1, -0.05) is 11.8 Å². The second-order valence-corrected chi connectivity index (χ2v) is 3.69. The summed E-state index contributed by atoms with van der Waals surface area (Å²) in [7, 11) is 0. The van der Waals surface area contributed by atoms with E-state index in [2.05, 4.69) is 17.2 Å².